The van der Waals surface area contributed by atoms with Gasteiger partial charge in [0.25, 0.3) is 0 Å². The van der Waals surface area contributed by atoms with Gasteiger partial charge in [0, 0.05) is 12.2 Å². The van der Waals surface area contributed by atoms with Gasteiger partial charge in [-0.05, 0) is 51.3 Å². The Morgan fingerprint density at radius 2 is 1.72 bits per heavy atom. The third-order valence-electron chi connectivity index (χ3n) is 2.62. The Bertz CT molecular complexity index is 528. The molecule has 0 fully saturated rings. The van der Waals surface area contributed by atoms with Crippen LogP contribution < -0.4 is 5.32 Å². The Balaban J connectivity index is 1.99. The number of hydrogen-bond acceptors (Lipinski definition) is 2. The topological polar surface area (TPSA) is 32.3 Å². The summed E-state index contributed by atoms with van der Waals surface area (Å²) < 4.78 is 13.8. The van der Waals surface area contributed by atoms with Crippen LogP contribution in [0.3, 0.4) is 0 Å². The van der Waals surface area contributed by atoms with Crippen LogP contribution in [0, 0.1) is 5.82 Å². The van der Waals surface area contributed by atoms with Crippen molar-refractivity contribution in [3.63, 3.8) is 0 Å². The van der Waals surface area contributed by atoms with Gasteiger partial charge in [-0.15, -0.1) is 0 Å². The summed E-state index contributed by atoms with van der Waals surface area (Å²) in [4.78, 5) is 0. The van der Waals surface area contributed by atoms with Gasteiger partial charge in [-0.3, -0.25) is 0 Å². The fourth-order valence-corrected chi connectivity index (χ4v) is 1.83. The van der Waals surface area contributed by atoms with Gasteiger partial charge in [0.15, 0.2) is 0 Å². The minimum Gasteiger partial charge on any atom is -0.392 e. The smallest absolute Gasteiger partial charge is 0.137 e. The Hall–Kier alpha value is -1.39. The van der Waals surface area contributed by atoms with Gasteiger partial charge < -0.3 is 10.4 Å². The van der Waals surface area contributed by atoms with Crippen LogP contribution >= 0.6 is 15.9 Å². The second-order valence-electron chi connectivity index (χ2n) is 3.96. The van der Waals surface area contributed by atoms with Crippen LogP contribution in [0.5, 0.6) is 0 Å². The number of anilines is 1. The standard InChI is InChI=1S/C14H13BrFNO/c15-13-6-3-11(7-14(13)16)8-17-12-4-1-10(9-18)2-5-12/h1-7,17-18H,8-9H2. The fraction of sp³-hybridized carbons (Fsp3) is 0.143. The first-order chi connectivity index (χ1) is 8.69. The van der Waals surface area contributed by atoms with Crippen LogP contribution in [0.25, 0.3) is 0 Å². The molecule has 2 rings (SSSR count). The molecule has 0 aliphatic rings. The summed E-state index contributed by atoms with van der Waals surface area (Å²) in [5.74, 6) is -0.259. The van der Waals surface area contributed by atoms with Gasteiger partial charge in [-0.25, -0.2) is 4.39 Å². The molecule has 94 valence electrons. The maximum Gasteiger partial charge on any atom is 0.137 e. The van der Waals surface area contributed by atoms with E-state index in [4.69, 9.17) is 5.11 Å². The average Bonchev–Trinajstić information content (AvgIpc) is 2.41. The molecule has 0 atom stereocenters. The summed E-state index contributed by atoms with van der Waals surface area (Å²) in [6.45, 7) is 0.598. The lowest BCUT2D eigenvalue weighted by Gasteiger charge is -2.07. The Kier molecular flexibility index (Phi) is 4.33. The van der Waals surface area contributed by atoms with Crippen LogP contribution in [0.4, 0.5) is 10.1 Å². The van der Waals surface area contributed by atoms with Crippen LogP contribution in [0.15, 0.2) is 46.9 Å². The van der Waals surface area contributed by atoms with E-state index in [2.05, 4.69) is 21.2 Å². The largest absolute Gasteiger partial charge is 0.392 e. The summed E-state index contributed by atoms with van der Waals surface area (Å²) >= 11 is 3.12. The Labute approximate surface area is 114 Å². The predicted molar refractivity (Wildman–Crippen MR) is 73.8 cm³/mol. The number of aliphatic hydroxyl groups excluding tert-OH is 1. The third-order valence-corrected chi connectivity index (χ3v) is 3.26. The summed E-state index contributed by atoms with van der Waals surface area (Å²) in [5.41, 5.74) is 2.69. The molecule has 0 radical (unpaired) electrons. The summed E-state index contributed by atoms with van der Waals surface area (Å²) in [5, 5.41) is 12.1. The van der Waals surface area contributed by atoms with Crippen molar-refractivity contribution in [2.45, 2.75) is 13.2 Å². The SMILES string of the molecule is OCc1ccc(NCc2ccc(Br)c(F)c2)cc1. The zero-order chi connectivity index (χ0) is 13.0. The predicted octanol–water partition coefficient (Wildman–Crippen LogP) is 3.69. The lowest BCUT2D eigenvalue weighted by molar-refractivity contribution is 0.282. The zero-order valence-electron chi connectivity index (χ0n) is 9.66. The van der Waals surface area contributed by atoms with E-state index in [9.17, 15) is 4.39 Å². The molecule has 0 amide bonds. The van der Waals surface area contributed by atoms with E-state index in [0.29, 0.717) is 11.0 Å². The van der Waals surface area contributed by atoms with E-state index in [1.54, 1.807) is 6.07 Å². The van der Waals surface area contributed by atoms with Crippen molar-refractivity contribution in [1.82, 2.24) is 0 Å². The third kappa shape index (κ3) is 3.31. The number of hydrogen-bond donors (Lipinski definition) is 2. The number of aliphatic hydroxyl groups is 1. The molecular weight excluding hydrogens is 297 g/mol. The second kappa shape index (κ2) is 5.98. The zero-order valence-corrected chi connectivity index (χ0v) is 11.2. The van der Waals surface area contributed by atoms with E-state index in [-0.39, 0.29) is 12.4 Å². The van der Waals surface area contributed by atoms with E-state index in [0.717, 1.165) is 16.8 Å². The van der Waals surface area contributed by atoms with Crippen molar-refractivity contribution in [1.29, 1.82) is 0 Å². The summed E-state index contributed by atoms with van der Waals surface area (Å²) in [6, 6.07) is 12.5. The minimum atomic E-state index is -0.259. The van der Waals surface area contributed by atoms with Gasteiger partial charge in [0.05, 0.1) is 11.1 Å². The average molecular weight is 310 g/mol. The van der Waals surface area contributed by atoms with Crippen LogP contribution in [0.1, 0.15) is 11.1 Å². The number of nitrogens with one attached hydrogen (secondary N) is 1. The Morgan fingerprint density at radius 1 is 1.06 bits per heavy atom. The van der Waals surface area contributed by atoms with E-state index >= 15 is 0 Å². The molecular formula is C14H13BrFNO. The van der Waals surface area contributed by atoms with E-state index < -0.39 is 0 Å². The first-order valence-corrected chi connectivity index (χ1v) is 6.36. The molecule has 2 aromatic carbocycles. The molecule has 2 aromatic rings. The highest BCUT2D eigenvalue weighted by atomic mass is 79.9. The minimum absolute atomic E-state index is 0.0399. The molecule has 0 heterocycles. The summed E-state index contributed by atoms with van der Waals surface area (Å²) in [7, 11) is 0. The molecule has 0 bridgehead atoms. The van der Waals surface area contributed by atoms with E-state index in [1.165, 1.54) is 6.07 Å². The van der Waals surface area contributed by atoms with Gasteiger partial charge in [-0.1, -0.05) is 18.2 Å². The molecule has 2 nitrogen and oxygen atoms in total. The number of rotatable bonds is 4. The highest BCUT2D eigenvalue weighted by molar-refractivity contribution is 9.10. The monoisotopic (exact) mass is 309 g/mol. The first kappa shape index (κ1) is 13.1. The van der Waals surface area contributed by atoms with Crippen molar-refractivity contribution in [3.8, 4) is 0 Å². The van der Waals surface area contributed by atoms with Gasteiger partial charge >= 0.3 is 0 Å². The first-order valence-electron chi connectivity index (χ1n) is 5.56. The maximum absolute atomic E-state index is 13.3. The van der Waals surface area contributed by atoms with Crippen LogP contribution in [-0.4, -0.2) is 5.11 Å². The van der Waals surface area contributed by atoms with Gasteiger partial charge in [0.1, 0.15) is 5.82 Å². The maximum atomic E-state index is 13.3. The highest BCUT2D eigenvalue weighted by Crippen LogP contribution is 2.17. The van der Waals surface area contributed by atoms with Crippen molar-refractivity contribution >= 4 is 21.6 Å². The molecule has 0 aliphatic heterocycles. The molecule has 0 unspecified atom stereocenters. The molecule has 0 spiro atoms. The van der Waals surface area contributed by atoms with Gasteiger partial charge in [-0.2, -0.15) is 0 Å². The second-order valence-corrected chi connectivity index (χ2v) is 4.81. The van der Waals surface area contributed by atoms with Crippen LogP contribution in [0.2, 0.25) is 0 Å². The fourth-order valence-electron chi connectivity index (χ4n) is 1.58. The Morgan fingerprint density at radius 3 is 2.33 bits per heavy atom. The molecule has 0 aromatic heterocycles. The molecule has 0 aliphatic carbocycles. The van der Waals surface area contributed by atoms with Crippen molar-refractivity contribution in [2.24, 2.45) is 0 Å². The molecule has 18 heavy (non-hydrogen) atoms. The quantitative estimate of drug-likeness (QED) is 0.902. The summed E-state index contributed by atoms with van der Waals surface area (Å²) in [6.07, 6.45) is 0. The van der Waals surface area contributed by atoms with E-state index in [1.807, 2.05) is 30.3 Å². The molecule has 4 heteroatoms. The normalized spacial score (nSPS) is 10.4. The van der Waals surface area contributed by atoms with Crippen molar-refractivity contribution in [2.75, 3.05) is 5.32 Å². The van der Waals surface area contributed by atoms with Crippen LogP contribution in [-0.2, 0) is 13.2 Å². The molecule has 0 saturated heterocycles. The molecule has 2 N–H and O–H groups in total. The van der Waals surface area contributed by atoms with Gasteiger partial charge in [0.2, 0.25) is 0 Å². The lowest BCUT2D eigenvalue weighted by Crippen LogP contribution is -2.00. The van der Waals surface area contributed by atoms with Crippen molar-refractivity contribution in [3.05, 3.63) is 63.9 Å². The number of halogens is 2. The van der Waals surface area contributed by atoms with Crippen molar-refractivity contribution < 1.29 is 9.50 Å². The number of benzene rings is 2. The highest BCUT2D eigenvalue weighted by Gasteiger charge is 2.00. The molecule has 0 saturated carbocycles. The lowest BCUT2D eigenvalue weighted by atomic mass is 10.2.